The van der Waals surface area contributed by atoms with E-state index < -0.39 is 6.61 Å². The van der Waals surface area contributed by atoms with Crippen LogP contribution in [0.25, 0.3) is 0 Å². The van der Waals surface area contributed by atoms with Crippen LogP contribution in [0.3, 0.4) is 0 Å². The van der Waals surface area contributed by atoms with Crippen molar-refractivity contribution in [1.82, 2.24) is 9.97 Å². The Hall–Kier alpha value is -2.72. The molecule has 0 amide bonds. The van der Waals surface area contributed by atoms with Gasteiger partial charge in [0.1, 0.15) is 17.4 Å². The highest BCUT2D eigenvalue weighted by Crippen LogP contribution is 2.22. The van der Waals surface area contributed by atoms with Crippen molar-refractivity contribution in [3.8, 4) is 5.75 Å². The van der Waals surface area contributed by atoms with Gasteiger partial charge in [0, 0.05) is 17.8 Å². The molecule has 0 aliphatic rings. The summed E-state index contributed by atoms with van der Waals surface area (Å²) in [5.41, 5.74) is 5.17. The number of ether oxygens (including phenoxy) is 1. The maximum Gasteiger partial charge on any atom is 0.387 e. The van der Waals surface area contributed by atoms with E-state index in [0.29, 0.717) is 17.3 Å². The van der Waals surface area contributed by atoms with Crippen molar-refractivity contribution in [3.63, 3.8) is 0 Å². The zero-order valence-corrected chi connectivity index (χ0v) is 10.7. The lowest BCUT2D eigenvalue weighted by atomic mass is 10.3. The molecule has 0 fully saturated rings. The van der Waals surface area contributed by atoms with Crippen molar-refractivity contribution < 1.29 is 13.5 Å². The lowest BCUT2D eigenvalue weighted by Crippen LogP contribution is -2.14. The van der Waals surface area contributed by atoms with Gasteiger partial charge in [0.15, 0.2) is 0 Å². The van der Waals surface area contributed by atoms with E-state index in [2.05, 4.69) is 30.9 Å². The number of nitrogens with two attached hydrogens (primary N) is 2. The van der Waals surface area contributed by atoms with Gasteiger partial charge in [0.2, 0.25) is 5.95 Å². The molecule has 0 radical (unpaired) electrons. The third kappa shape index (κ3) is 4.12. The zero-order chi connectivity index (χ0) is 15.2. The van der Waals surface area contributed by atoms with E-state index in [1.807, 2.05) is 0 Å². The fourth-order valence-corrected chi connectivity index (χ4v) is 1.53. The second-order valence-corrected chi connectivity index (χ2v) is 3.78. The van der Waals surface area contributed by atoms with Crippen LogP contribution >= 0.6 is 0 Å². The van der Waals surface area contributed by atoms with Gasteiger partial charge in [-0.05, 0) is 12.1 Å². The van der Waals surface area contributed by atoms with Crippen LogP contribution in [0.2, 0.25) is 0 Å². The van der Waals surface area contributed by atoms with Crippen LogP contribution in [-0.2, 0) is 0 Å². The van der Waals surface area contributed by atoms with Crippen molar-refractivity contribution in [2.75, 3.05) is 16.2 Å². The van der Waals surface area contributed by atoms with Gasteiger partial charge >= 0.3 is 6.61 Å². The first-order valence-corrected chi connectivity index (χ1v) is 5.75. The molecule has 1 aromatic heterocycles. The van der Waals surface area contributed by atoms with Gasteiger partial charge in [0.05, 0.1) is 0 Å². The number of hydrogen-bond donors (Lipinski definition) is 5. The number of rotatable bonds is 6. The number of nitrogens with zero attached hydrogens (tertiary/aromatic N) is 2. The molecule has 2 rings (SSSR count). The summed E-state index contributed by atoms with van der Waals surface area (Å²) in [6.07, 6.45) is 0. The number of alkyl halides is 2. The van der Waals surface area contributed by atoms with Crippen LogP contribution in [0.4, 0.5) is 32.1 Å². The van der Waals surface area contributed by atoms with Crippen molar-refractivity contribution in [2.45, 2.75) is 6.61 Å². The number of anilines is 4. The smallest absolute Gasteiger partial charge is 0.387 e. The summed E-state index contributed by atoms with van der Waals surface area (Å²) >= 11 is 0. The summed E-state index contributed by atoms with van der Waals surface area (Å²) in [7, 11) is 0. The molecular weight excluding hydrogens is 284 g/mol. The van der Waals surface area contributed by atoms with Gasteiger partial charge in [-0.2, -0.15) is 18.7 Å². The Balaban J connectivity index is 2.21. The first-order chi connectivity index (χ1) is 10.1. The number of benzene rings is 1. The maximum atomic E-state index is 12.2. The number of hydrogen-bond acceptors (Lipinski definition) is 8. The second-order valence-electron chi connectivity index (χ2n) is 3.78. The fraction of sp³-hybridized carbons (Fsp3) is 0.0909. The van der Waals surface area contributed by atoms with Gasteiger partial charge < -0.3 is 20.9 Å². The molecular formula is C11H13F2N7O. The predicted molar refractivity (Wildman–Crippen MR) is 74.0 cm³/mol. The Bertz CT molecular complexity index is 589. The van der Waals surface area contributed by atoms with Crippen LogP contribution in [-0.4, -0.2) is 16.6 Å². The minimum atomic E-state index is -2.89. The summed E-state index contributed by atoms with van der Waals surface area (Å²) in [4.78, 5) is 8.09. The number of nitrogens with one attached hydrogen (secondary N) is 3. The van der Waals surface area contributed by atoms with Gasteiger partial charge in [-0.25, -0.2) is 11.7 Å². The van der Waals surface area contributed by atoms with Crippen molar-refractivity contribution in [2.24, 2.45) is 11.7 Å². The molecule has 8 nitrogen and oxygen atoms in total. The minimum Gasteiger partial charge on any atom is -0.435 e. The molecule has 0 aliphatic carbocycles. The first kappa shape index (κ1) is 14.7. The third-order valence-electron chi connectivity index (χ3n) is 2.34. The Morgan fingerprint density at radius 1 is 1.05 bits per heavy atom. The summed E-state index contributed by atoms with van der Waals surface area (Å²) in [5, 5.41) is 2.83. The quantitative estimate of drug-likeness (QED) is 0.400. The molecule has 1 heterocycles. The summed E-state index contributed by atoms with van der Waals surface area (Å²) < 4.78 is 28.6. The summed E-state index contributed by atoms with van der Waals surface area (Å²) in [6.45, 7) is -2.89. The van der Waals surface area contributed by atoms with E-state index >= 15 is 0 Å². The predicted octanol–water partition coefficient (Wildman–Crippen LogP) is 1.39. The Labute approximate surface area is 118 Å². The zero-order valence-electron chi connectivity index (χ0n) is 10.7. The Kier molecular flexibility index (Phi) is 4.64. The third-order valence-corrected chi connectivity index (χ3v) is 2.34. The van der Waals surface area contributed by atoms with E-state index in [0.717, 1.165) is 0 Å². The van der Waals surface area contributed by atoms with Crippen LogP contribution in [0.5, 0.6) is 5.75 Å². The van der Waals surface area contributed by atoms with Gasteiger partial charge in [-0.1, -0.05) is 6.07 Å². The number of nitrogen functional groups attached to an aromatic ring is 2. The van der Waals surface area contributed by atoms with Crippen LogP contribution in [0.15, 0.2) is 30.3 Å². The van der Waals surface area contributed by atoms with E-state index in [4.69, 9.17) is 11.7 Å². The molecule has 0 saturated carbocycles. The van der Waals surface area contributed by atoms with E-state index in [-0.39, 0.29) is 11.7 Å². The Morgan fingerprint density at radius 3 is 2.29 bits per heavy atom. The first-order valence-electron chi connectivity index (χ1n) is 5.75. The average molecular weight is 297 g/mol. The standard InChI is InChI=1S/C11H13F2N7O/c12-10(13)21-7-3-1-2-6(4-7)16-11-17-8(19-14)5-9(18-11)20-15/h1-5,10H,14-15H2,(H3,16,17,18,19,20). The number of hydrazine groups is 2. The summed E-state index contributed by atoms with van der Waals surface area (Å²) in [6, 6.07) is 7.46. The molecule has 0 spiro atoms. The molecule has 112 valence electrons. The number of halogens is 2. The van der Waals surface area contributed by atoms with E-state index in [1.165, 1.54) is 18.2 Å². The normalized spacial score (nSPS) is 10.3. The second kappa shape index (κ2) is 6.63. The number of aromatic nitrogens is 2. The molecule has 21 heavy (non-hydrogen) atoms. The minimum absolute atomic E-state index is 0.0141. The summed E-state index contributed by atoms with van der Waals surface area (Å²) in [5.74, 6) is 11.4. The highest BCUT2D eigenvalue weighted by atomic mass is 19.3. The van der Waals surface area contributed by atoms with Crippen molar-refractivity contribution >= 4 is 23.3 Å². The molecule has 0 aliphatic heterocycles. The molecule has 10 heteroatoms. The van der Waals surface area contributed by atoms with Gasteiger partial charge in [-0.15, -0.1) is 0 Å². The van der Waals surface area contributed by atoms with Crippen LogP contribution < -0.4 is 32.6 Å². The molecule has 0 saturated heterocycles. The van der Waals surface area contributed by atoms with E-state index in [1.54, 1.807) is 12.1 Å². The molecule has 0 unspecified atom stereocenters. The van der Waals surface area contributed by atoms with Crippen LogP contribution in [0.1, 0.15) is 0 Å². The average Bonchev–Trinajstić information content (AvgIpc) is 2.46. The lowest BCUT2D eigenvalue weighted by Gasteiger charge is -2.10. The van der Waals surface area contributed by atoms with Crippen molar-refractivity contribution in [3.05, 3.63) is 30.3 Å². The molecule has 7 N–H and O–H groups in total. The largest absolute Gasteiger partial charge is 0.435 e. The Morgan fingerprint density at radius 2 is 1.71 bits per heavy atom. The molecule has 0 atom stereocenters. The topological polar surface area (TPSA) is 123 Å². The molecule has 1 aromatic carbocycles. The SMILES string of the molecule is NNc1cc(NN)nc(Nc2cccc(OC(F)F)c2)n1. The highest BCUT2D eigenvalue weighted by Gasteiger charge is 2.07. The lowest BCUT2D eigenvalue weighted by molar-refractivity contribution is -0.0497. The van der Waals surface area contributed by atoms with Gasteiger partial charge in [0.25, 0.3) is 0 Å². The molecule has 2 aromatic rings. The van der Waals surface area contributed by atoms with Crippen LogP contribution in [0, 0.1) is 0 Å². The fourth-order valence-electron chi connectivity index (χ4n) is 1.53. The highest BCUT2D eigenvalue weighted by molar-refractivity contribution is 5.59. The van der Waals surface area contributed by atoms with Gasteiger partial charge in [-0.3, -0.25) is 0 Å². The van der Waals surface area contributed by atoms with Crippen molar-refractivity contribution in [1.29, 1.82) is 0 Å². The van der Waals surface area contributed by atoms with E-state index in [9.17, 15) is 8.78 Å². The monoisotopic (exact) mass is 297 g/mol. The molecule has 0 bridgehead atoms. The maximum absolute atomic E-state index is 12.2.